The van der Waals surface area contributed by atoms with E-state index in [1.165, 1.54) is 0 Å². The number of hydrogen-bond donors (Lipinski definition) is 1. The molecular weight excluding hydrogens is 397 g/mol. The molecule has 7 heteroatoms. The van der Waals surface area contributed by atoms with Crippen molar-refractivity contribution in [1.82, 2.24) is 0 Å². The van der Waals surface area contributed by atoms with Gasteiger partial charge in [-0.25, -0.2) is 4.79 Å². The molecule has 28 heavy (non-hydrogen) atoms. The van der Waals surface area contributed by atoms with Gasteiger partial charge in [-0.1, -0.05) is 35.9 Å². The van der Waals surface area contributed by atoms with Crippen LogP contribution < -0.4 is 20.8 Å². The second kappa shape index (κ2) is 8.87. The Morgan fingerprint density at radius 1 is 0.893 bits per heavy atom. The van der Waals surface area contributed by atoms with Gasteiger partial charge in [0.05, 0.1) is 10.7 Å². The molecule has 1 N–H and O–H groups in total. The summed E-state index contributed by atoms with van der Waals surface area (Å²) in [4.78, 5) is 18.9. The smallest absolute Gasteiger partial charge is 0.368 e. The summed E-state index contributed by atoms with van der Waals surface area (Å²) in [6, 6.07) is 20.6. The number of nitrogens with one attached hydrogen (secondary N) is 1. The number of carbonyl (C=O) groups is 1. The van der Waals surface area contributed by atoms with Crippen LogP contribution in [0.3, 0.4) is 0 Å². The number of carbonyl (C=O) groups excluding carboxylic acids is 1. The zero-order valence-corrected chi connectivity index (χ0v) is 16.3. The average Bonchev–Trinajstić information content (AvgIpc) is 3.05. The summed E-state index contributed by atoms with van der Waals surface area (Å²) < 4.78 is 5.86. The van der Waals surface area contributed by atoms with Gasteiger partial charge in [-0.15, -0.1) is 12.4 Å². The van der Waals surface area contributed by atoms with E-state index in [4.69, 9.17) is 16.3 Å². The van der Waals surface area contributed by atoms with E-state index >= 15 is 0 Å². The number of amides is 2. The van der Waals surface area contributed by atoms with Crippen molar-refractivity contribution in [2.45, 2.75) is 13.2 Å². The minimum absolute atomic E-state index is 0. The van der Waals surface area contributed by atoms with Crippen LogP contribution in [0.25, 0.3) is 0 Å². The highest BCUT2D eigenvalue weighted by molar-refractivity contribution is 6.30. The van der Waals surface area contributed by atoms with Crippen LogP contribution in [0.1, 0.15) is 11.1 Å². The van der Waals surface area contributed by atoms with Gasteiger partial charge in [0, 0.05) is 17.3 Å². The second-order valence-electron chi connectivity index (χ2n) is 6.13. The SMILES string of the molecule is Cl.O=C1N=c2ccc(NCc3cccc(OCc4ccc(Cl)cc4)c3)cc2=N1. The Bertz CT molecular complexity index is 1120. The number of hydrogen-bond acceptors (Lipinski definition) is 3. The Kier molecular flexibility index (Phi) is 6.29. The highest BCUT2D eigenvalue weighted by Crippen LogP contribution is 2.17. The number of fused-ring (bicyclic) bond motifs is 1. The van der Waals surface area contributed by atoms with Crippen molar-refractivity contribution in [1.29, 1.82) is 0 Å². The maximum absolute atomic E-state index is 11.2. The standard InChI is InChI=1S/C21H16ClN3O2.ClH/c22-16-6-4-14(5-7-16)13-27-18-3-1-2-15(10-18)12-23-17-8-9-19-20(11-17)25-21(26)24-19;/h1-11,23H,12-13H2;1H. The van der Waals surface area contributed by atoms with Gasteiger partial charge in [0.1, 0.15) is 12.4 Å². The molecule has 0 radical (unpaired) electrons. The Hall–Kier alpha value is -2.89. The first-order chi connectivity index (χ1) is 13.2. The van der Waals surface area contributed by atoms with Crippen LogP contribution in [-0.2, 0) is 13.2 Å². The molecule has 142 valence electrons. The number of benzene rings is 3. The second-order valence-corrected chi connectivity index (χ2v) is 6.56. The summed E-state index contributed by atoms with van der Waals surface area (Å²) >= 11 is 5.90. The van der Waals surface area contributed by atoms with E-state index in [2.05, 4.69) is 15.3 Å². The zero-order valence-electron chi connectivity index (χ0n) is 14.8. The molecule has 0 unspecified atom stereocenters. The summed E-state index contributed by atoms with van der Waals surface area (Å²) in [6.07, 6.45) is 0. The average molecular weight is 414 g/mol. The van der Waals surface area contributed by atoms with Crippen molar-refractivity contribution >= 4 is 35.7 Å². The van der Waals surface area contributed by atoms with Crippen molar-refractivity contribution in [2.24, 2.45) is 9.98 Å². The molecule has 1 aliphatic rings. The van der Waals surface area contributed by atoms with Crippen LogP contribution in [0, 0.1) is 0 Å². The van der Waals surface area contributed by atoms with Crippen molar-refractivity contribution in [3.8, 4) is 5.75 Å². The third-order valence-corrected chi connectivity index (χ3v) is 4.37. The third kappa shape index (κ3) is 4.88. The molecule has 0 saturated heterocycles. The van der Waals surface area contributed by atoms with Crippen LogP contribution in [0.4, 0.5) is 10.5 Å². The number of halogens is 2. The lowest BCUT2D eigenvalue weighted by Gasteiger charge is -2.10. The van der Waals surface area contributed by atoms with Gasteiger partial charge in [0.25, 0.3) is 0 Å². The van der Waals surface area contributed by atoms with Crippen molar-refractivity contribution in [2.75, 3.05) is 5.32 Å². The summed E-state index contributed by atoms with van der Waals surface area (Å²) in [5.41, 5.74) is 3.03. The monoisotopic (exact) mass is 413 g/mol. The van der Waals surface area contributed by atoms with E-state index in [-0.39, 0.29) is 12.4 Å². The fourth-order valence-electron chi connectivity index (χ4n) is 2.75. The first-order valence-corrected chi connectivity index (χ1v) is 8.85. The van der Waals surface area contributed by atoms with Crippen molar-refractivity contribution < 1.29 is 9.53 Å². The molecule has 0 atom stereocenters. The van der Waals surface area contributed by atoms with Crippen LogP contribution in [-0.4, -0.2) is 6.03 Å². The lowest BCUT2D eigenvalue weighted by Crippen LogP contribution is -2.21. The van der Waals surface area contributed by atoms with Crippen LogP contribution in [0.2, 0.25) is 5.02 Å². The van der Waals surface area contributed by atoms with E-state index in [1.807, 2.05) is 60.7 Å². The number of rotatable bonds is 6. The highest BCUT2D eigenvalue weighted by atomic mass is 35.5. The Morgan fingerprint density at radius 3 is 2.50 bits per heavy atom. The highest BCUT2D eigenvalue weighted by Gasteiger charge is 2.05. The van der Waals surface area contributed by atoms with Crippen LogP contribution in [0.5, 0.6) is 5.75 Å². The minimum Gasteiger partial charge on any atom is -0.489 e. The van der Waals surface area contributed by atoms with Crippen LogP contribution in [0.15, 0.2) is 76.7 Å². The molecule has 4 rings (SSSR count). The topological polar surface area (TPSA) is 63.0 Å². The van der Waals surface area contributed by atoms with Gasteiger partial charge in [-0.3, -0.25) is 0 Å². The summed E-state index contributed by atoms with van der Waals surface area (Å²) in [5.74, 6) is 0.803. The number of anilines is 1. The molecule has 0 bridgehead atoms. The summed E-state index contributed by atoms with van der Waals surface area (Å²) in [6.45, 7) is 1.11. The quantitative estimate of drug-likeness (QED) is 0.653. The predicted octanol–water partition coefficient (Wildman–Crippen LogP) is 4.33. The third-order valence-electron chi connectivity index (χ3n) is 4.12. The first kappa shape index (κ1) is 19.9. The molecule has 0 aromatic heterocycles. The fourth-order valence-corrected chi connectivity index (χ4v) is 2.87. The van der Waals surface area contributed by atoms with Gasteiger partial charge >= 0.3 is 6.03 Å². The van der Waals surface area contributed by atoms with Crippen LogP contribution >= 0.6 is 24.0 Å². The Morgan fingerprint density at radius 2 is 1.68 bits per heavy atom. The molecule has 0 spiro atoms. The van der Waals surface area contributed by atoms with Gasteiger partial charge < -0.3 is 10.1 Å². The molecule has 0 saturated carbocycles. The Labute approximate surface area is 173 Å². The molecule has 1 aliphatic heterocycles. The maximum Gasteiger partial charge on any atom is 0.368 e. The molecule has 1 heterocycles. The van der Waals surface area contributed by atoms with E-state index in [9.17, 15) is 4.79 Å². The van der Waals surface area contributed by atoms with Crippen molar-refractivity contribution in [3.63, 3.8) is 0 Å². The van der Waals surface area contributed by atoms with E-state index in [1.54, 1.807) is 6.07 Å². The Balaban J connectivity index is 0.00000225. The predicted molar refractivity (Wildman–Crippen MR) is 111 cm³/mol. The lowest BCUT2D eigenvalue weighted by molar-refractivity contribution is 0.256. The number of nitrogens with zero attached hydrogens (tertiary/aromatic N) is 2. The molecule has 2 amide bonds. The summed E-state index contributed by atoms with van der Waals surface area (Å²) in [7, 11) is 0. The first-order valence-electron chi connectivity index (χ1n) is 8.47. The van der Waals surface area contributed by atoms with E-state index in [0.29, 0.717) is 28.9 Å². The largest absolute Gasteiger partial charge is 0.489 e. The molecule has 0 aliphatic carbocycles. The molecule has 3 aromatic carbocycles. The summed E-state index contributed by atoms with van der Waals surface area (Å²) in [5, 5.41) is 5.26. The number of ether oxygens (including phenoxy) is 1. The van der Waals surface area contributed by atoms with Gasteiger partial charge in [-0.2, -0.15) is 9.98 Å². The molecule has 3 aromatic rings. The fraction of sp³-hybridized carbons (Fsp3) is 0.0952. The molecular formula is C21H17Cl2N3O2. The minimum atomic E-state index is -0.451. The zero-order chi connectivity index (χ0) is 18.6. The van der Waals surface area contributed by atoms with Gasteiger partial charge in [-0.05, 0) is 53.6 Å². The van der Waals surface area contributed by atoms with Crippen molar-refractivity contribution in [3.05, 3.63) is 93.6 Å². The molecule has 0 fully saturated rings. The van der Waals surface area contributed by atoms with Gasteiger partial charge in [0.2, 0.25) is 0 Å². The maximum atomic E-state index is 11.2. The van der Waals surface area contributed by atoms with E-state index in [0.717, 1.165) is 22.6 Å². The van der Waals surface area contributed by atoms with Gasteiger partial charge in [0.15, 0.2) is 0 Å². The van der Waals surface area contributed by atoms with E-state index < -0.39 is 6.03 Å². The number of urea groups is 1. The lowest BCUT2D eigenvalue weighted by atomic mass is 10.2. The molecule has 5 nitrogen and oxygen atoms in total. The normalized spacial score (nSPS) is 11.7.